The van der Waals surface area contributed by atoms with Gasteiger partial charge in [0.2, 0.25) is 0 Å². The van der Waals surface area contributed by atoms with E-state index in [-0.39, 0.29) is 23.1 Å². The highest BCUT2D eigenvalue weighted by Gasteiger charge is 2.17. The van der Waals surface area contributed by atoms with Gasteiger partial charge in [0.25, 0.3) is 15.0 Å². The van der Waals surface area contributed by atoms with E-state index in [4.69, 9.17) is 20.2 Å². The summed E-state index contributed by atoms with van der Waals surface area (Å²) in [5.74, 6) is -0.408. The minimum Gasteiger partial charge on any atom is -0.382 e. The van der Waals surface area contributed by atoms with Gasteiger partial charge in [0, 0.05) is 37.0 Å². The zero-order chi connectivity index (χ0) is 16.0. The first-order valence-electron chi connectivity index (χ1n) is 6.14. The molecule has 21 heavy (non-hydrogen) atoms. The number of methoxy groups -OCH3 is 2. The van der Waals surface area contributed by atoms with Gasteiger partial charge in [-0.1, -0.05) is 6.07 Å². The number of nitrogens with one attached hydrogen (secondary N) is 1. The number of hydrogen-bond donors (Lipinski definition) is 1. The number of hydrogen-bond acceptors (Lipinski definition) is 5. The van der Waals surface area contributed by atoms with Crippen molar-refractivity contribution >= 4 is 25.6 Å². The van der Waals surface area contributed by atoms with Crippen LogP contribution in [-0.4, -0.2) is 47.8 Å². The van der Waals surface area contributed by atoms with E-state index in [0.717, 1.165) is 0 Å². The second-order valence-corrected chi connectivity index (χ2v) is 6.98. The number of carbonyl (C=O) groups excluding carboxylic acids is 1. The van der Waals surface area contributed by atoms with Crippen molar-refractivity contribution < 1.29 is 22.7 Å². The predicted molar refractivity (Wildman–Crippen MR) is 79.2 cm³/mol. The number of amides is 1. The summed E-state index contributed by atoms with van der Waals surface area (Å²) in [4.78, 5) is 11.9. The maximum absolute atomic E-state index is 12.0. The summed E-state index contributed by atoms with van der Waals surface area (Å²) in [6, 6.07) is 4.33. The third-order valence-electron chi connectivity index (χ3n) is 2.89. The fraction of sp³-hybridized carbons (Fsp3) is 0.462. The van der Waals surface area contributed by atoms with E-state index in [0.29, 0.717) is 12.2 Å². The molecule has 1 aromatic rings. The summed E-state index contributed by atoms with van der Waals surface area (Å²) < 4.78 is 32.9. The lowest BCUT2D eigenvalue weighted by Crippen LogP contribution is -2.35. The molecule has 1 rings (SSSR count). The Balaban J connectivity index is 2.84. The second kappa shape index (κ2) is 7.74. The van der Waals surface area contributed by atoms with Crippen molar-refractivity contribution in [3.8, 4) is 0 Å². The van der Waals surface area contributed by atoms with Gasteiger partial charge in [-0.15, -0.1) is 0 Å². The molecule has 0 heterocycles. The SMILES string of the molecule is COCC(CNC(=O)c1ccc(C)c(S(=O)(=O)Cl)c1)OC. The van der Waals surface area contributed by atoms with Crippen LogP contribution in [0.15, 0.2) is 23.1 Å². The minimum atomic E-state index is -3.89. The van der Waals surface area contributed by atoms with Crippen LogP contribution in [0.5, 0.6) is 0 Å². The number of ether oxygens (including phenoxy) is 2. The zero-order valence-electron chi connectivity index (χ0n) is 12.1. The summed E-state index contributed by atoms with van der Waals surface area (Å²) in [6.07, 6.45) is -0.277. The average Bonchev–Trinajstić information content (AvgIpc) is 2.42. The molecule has 1 N–H and O–H groups in total. The molecule has 6 nitrogen and oxygen atoms in total. The number of halogens is 1. The van der Waals surface area contributed by atoms with Gasteiger partial charge >= 0.3 is 0 Å². The summed E-state index contributed by atoms with van der Waals surface area (Å²) in [6.45, 7) is 2.20. The molecular weight excluding hydrogens is 318 g/mol. The summed E-state index contributed by atoms with van der Waals surface area (Å²) in [7, 11) is 4.50. The highest BCUT2D eigenvalue weighted by atomic mass is 35.7. The molecular formula is C13H18ClNO5S. The highest BCUT2D eigenvalue weighted by Crippen LogP contribution is 2.20. The van der Waals surface area contributed by atoms with Crippen LogP contribution in [0.2, 0.25) is 0 Å². The predicted octanol–water partition coefficient (Wildman–Crippen LogP) is 1.31. The molecule has 1 unspecified atom stereocenters. The largest absolute Gasteiger partial charge is 0.382 e. The third kappa shape index (κ3) is 5.28. The molecule has 1 amide bonds. The number of carbonyl (C=O) groups is 1. The molecule has 0 fully saturated rings. The van der Waals surface area contributed by atoms with E-state index in [1.54, 1.807) is 6.92 Å². The molecule has 1 atom stereocenters. The first kappa shape index (κ1) is 17.9. The lowest BCUT2D eigenvalue weighted by Gasteiger charge is -2.15. The van der Waals surface area contributed by atoms with Crippen molar-refractivity contribution in [1.29, 1.82) is 0 Å². The van der Waals surface area contributed by atoms with E-state index in [1.807, 2.05) is 0 Å². The smallest absolute Gasteiger partial charge is 0.261 e. The minimum absolute atomic E-state index is 0.0722. The van der Waals surface area contributed by atoms with Gasteiger partial charge in [-0.2, -0.15) is 0 Å². The molecule has 8 heteroatoms. The van der Waals surface area contributed by atoms with Crippen LogP contribution in [0, 0.1) is 6.92 Å². The standard InChI is InChI=1S/C13H18ClNO5S/c1-9-4-5-10(6-12(9)21(14,17)18)13(16)15-7-11(20-3)8-19-2/h4-6,11H,7-8H2,1-3H3,(H,15,16). The van der Waals surface area contributed by atoms with Gasteiger partial charge in [0.15, 0.2) is 0 Å². The quantitative estimate of drug-likeness (QED) is 0.760. The molecule has 0 saturated carbocycles. The average molecular weight is 336 g/mol. The molecule has 0 bridgehead atoms. The van der Waals surface area contributed by atoms with E-state index in [2.05, 4.69) is 5.32 Å². The molecule has 0 aromatic heterocycles. The first-order chi connectivity index (χ1) is 9.79. The topological polar surface area (TPSA) is 81.7 Å². The van der Waals surface area contributed by atoms with E-state index >= 15 is 0 Å². The third-order valence-corrected chi connectivity index (χ3v) is 4.35. The number of aryl methyl sites for hydroxylation is 1. The van der Waals surface area contributed by atoms with Crippen molar-refractivity contribution in [2.75, 3.05) is 27.4 Å². The van der Waals surface area contributed by atoms with Crippen molar-refractivity contribution in [2.24, 2.45) is 0 Å². The van der Waals surface area contributed by atoms with Gasteiger partial charge in [0.1, 0.15) is 0 Å². The second-order valence-electron chi connectivity index (χ2n) is 4.44. The lowest BCUT2D eigenvalue weighted by atomic mass is 10.1. The lowest BCUT2D eigenvalue weighted by molar-refractivity contribution is 0.0285. The normalized spacial score (nSPS) is 13.0. The molecule has 0 radical (unpaired) electrons. The van der Waals surface area contributed by atoms with E-state index in [9.17, 15) is 13.2 Å². The Morgan fingerprint density at radius 2 is 2.05 bits per heavy atom. The molecule has 0 aliphatic heterocycles. The van der Waals surface area contributed by atoms with Crippen molar-refractivity contribution in [1.82, 2.24) is 5.32 Å². The fourth-order valence-corrected chi connectivity index (χ4v) is 2.93. The number of benzene rings is 1. The van der Waals surface area contributed by atoms with Crippen LogP contribution < -0.4 is 5.32 Å². The summed E-state index contributed by atoms with van der Waals surface area (Å²) in [5, 5.41) is 2.65. The van der Waals surface area contributed by atoms with Crippen LogP contribution in [-0.2, 0) is 18.5 Å². The van der Waals surface area contributed by atoms with Crippen LogP contribution in [0.3, 0.4) is 0 Å². The molecule has 1 aromatic carbocycles. The fourth-order valence-electron chi connectivity index (χ4n) is 1.71. The Bertz CT molecular complexity index is 603. The zero-order valence-corrected chi connectivity index (χ0v) is 13.6. The van der Waals surface area contributed by atoms with E-state index in [1.165, 1.54) is 32.4 Å². The van der Waals surface area contributed by atoms with Crippen molar-refractivity contribution in [3.63, 3.8) is 0 Å². The van der Waals surface area contributed by atoms with Gasteiger partial charge < -0.3 is 14.8 Å². The highest BCUT2D eigenvalue weighted by molar-refractivity contribution is 8.13. The van der Waals surface area contributed by atoms with Crippen LogP contribution in [0.1, 0.15) is 15.9 Å². The van der Waals surface area contributed by atoms with E-state index < -0.39 is 15.0 Å². The van der Waals surface area contributed by atoms with Crippen LogP contribution in [0.4, 0.5) is 0 Å². The summed E-state index contributed by atoms with van der Waals surface area (Å²) >= 11 is 0. The Labute approximate surface area is 128 Å². The monoisotopic (exact) mass is 335 g/mol. The van der Waals surface area contributed by atoms with Gasteiger partial charge in [0.05, 0.1) is 17.6 Å². The molecule has 0 saturated heterocycles. The van der Waals surface area contributed by atoms with Gasteiger partial charge in [-0.05, 0) is 24.6 Å². The van der Waals surface area contributed by atoms with Crippen molar-refractivity contribution in [3.05, 3.63) is 29.3 Å². The molecule has 0 aliphatic rings. The molecule has 118 valence electrons. The van der Waals surface area contributed by atoms with Crippen molar-refractivity contribution in [2.45, 2.75) is 17.9 Å². The van der Waals surface area contributed by atoms with Gasteiger partial charge in [-0.3, -0.25) is 4.79 Å². The number of rotatable bonds is 7. The van der Waals surface area contributed by atoms with Gasteiger partial charge in [-0.25, -0.2) is 8.42 Å². The summed E-state index contributed by atoms with van der Waals surface area (Å²) in [5.41, 5.74) is 0.697. The Morgan fingerprint density at radius 1 is 1.38 bits per heavy atom. The molecule has 0 aliphatic carbocycles. The molecule has 0 spiro atoms. The first-order valence-corrected chi connectivity index (χ1v) is 8.45. The van der Waals surface area contributed by atoms with Crippen LogP contribution >= 0.6 is 10.7 Å². The maximum Gasteiger partial charge on any atom is 0.261 e. The maximum atomic E-state index is 12.0. The Morgan fingerprint density at radius 3 is 2.57 bits per heavy atom. The van der Waals surface area contributed by atoms with Crippen LogP contribution in [0.25, 0.3) is 0 Å². The Hall–Kier alpha value is -1.15. The Kier molecular flexibility index (Phi) is 6.60.